The Morgan fingerprint density at radius 3 is 2.60 bits per heavy atom. The van der Waals surface area contributed by atoms with E-state index in [0.29, 0.717) is 31.5 Å². The van der Waals surface area contributed by atoms with Crippen LogP contribution in [0.2, 0.25) is 0 Å². The molecule has 20 heavy (non-hydrogen) atoms. The van der Waals surface area contributed by atoms with Crippen LogP contribution in [0, 0.1) is 5.92 Å². The van der Waals surface area contributed by atoms with E-state index >= 15 is 0 Å². The van der Waals surface area contributed by atoms with Gasteiger partial charge < -0.3 is 20.9 Å². The molecule has 108 valence electrons. The van der Waals surface area contributed by atoms with Gasteiger partial charge in [-0.15, -0.1) is 0 Å². The maximum Gasteiger partial charge on any atom is 0.227 e. The van der Waals surface area contributed by atoms with E-state index in [9.17, 15) is 9.90 Å². The molecule has 0 saturated carbocycles. The van der Waals surface area contributed by atoms with Gasteiger partial charge in [0.1, 0.15) is 11.6 Å². The zero-order valence-electron chi connectivity index (χ0n) is 11.2. The van der Waals surface area contributed by atoms with Gasteiger partial charge >= 0.3 is 0 Å². The third kappa shape index (κ3) is 3.20. The normalized spacial score (nSPS) is 17.2. The van der Waals surface area contributed by atoms with Gasteiger partial charge in [0.05, 0.1) is 6.42 Å². The van der Waals surface area contributed by atoms with E-state index in [1.165, 1.54) is 0 Å². The monoisotopic (exact) mass is 277 g/mol. The van der Waals surface area contributed by atoms with Crippen LogP contribution in [0.5, 0.6) is 5.75 Å². The smallest absolute Gasteiger partial charge is 0.227 e. The molecule has 1 amide bonds. The average molecular weight is 277 g/mol. The van der Waals surface area contributed by atoms with Gasteiger partial charge in [-0.25, -0.2) is 0 Å². The van der Waals surface area contributed by atoms with Gasteiger partial charge in [-0.3, -0.25) is 4.79 Å². The standard InChI is InChI=1S/C14H19N3O3/c15-14(16-20)10-5-7-17(8-6-10)13(19)9-11-3-1-2-4-12(11)18/h1-4,10,18,20H,5-9H2,(H2,15,16). The van der Waals surface area contributed by atoms with Crippen molar-refractivity contribution in [3.63, 3.8) is 0 Å². The number of carbonyl (C=O) groups excluding carboxylic acids is 1. The number of oxime groups is 1. The van der Waals surface area contributed by atoms with Crippen molar-refractivity contribution in [3.8, 4) is 5.75 Å². The first-order valence-corrected chi connectivity index (χ1v) is 6.64. The van der Waals surface area contributed by atoms with Gasteiger partial charge in [0.25, 0.3) is 0 Å². The van der Waals surface area contributed by atoms with Crippen LogP contribution in [-0.4, -0.2) is 40.0 Å². The lowest BCUT2D eigenvalue weighted by Crippen LogP contribution is -2.42. The number of aromatic hydroxyl groups is 1. The Morgan fingerprint density at radius 2 is 2.00 bits per heavy atom. The second-order valence-electron chi connectivity index (χ2n) is 4.99. The lowest BCUT2D eigenvalue weighted by molar-refractivity contribution is -0.131. The van der Waals surface area contributed by atoms with Crippen LogP contribution in [0.1, 0.15) is 18.4 Å². The molecule has 1 aromatic carbocycles. The quantitative estimate of drug-likeness (QED) is 0.331. The fourth-order valence-corrected chi connectivity index (χ4v) is 2.44. The van der Waals surface area contributed by atoms with Crippen molar-refractivity contribution in [2.45, 2.75) is 19.3 Å². The fourth-order valence-electron chi connectivity index (χ4n) is 2.44. The Morgan fingerprint density at radius 1 is 1.35 bits per heavy atom. The minimum atomic E-state index is -0.00976. The molecule has 2 rings (SSSR count). The molecule has 0 radical (unpaired) electrons. The molecule has 6 heteroatoms. The Balaban J connectivity index is 1.91. The van der Waals surface area contributed by atoms with E-state index in [4.69, 9.17) is 10.9 Å². The number of amides is 1. The van der Waals surface area contributed by atoms with E-state index in [1.54, 1.807) is 29.2 Å². The summed E-state index contributed by atoms with van der Waals surface area (Å²) in [4.78, 5) is 13.9. The van der Waals surface area contributed by atoms with Crippen LogP contribution in [0.3, 0.4) is 0 Å². The Kier molecular flexibility index (Phi) is 4.45. The van der Waals surface area contributed by atoms with Crippen molar-refractivity contribution in [1.82, 2.24) is 4.90 Å². The van der Waals surface area contributed by atoms with E-state index in [0.717, 1.165) is 0 Å². The summed E-state index contributed by atoms with van der Waals surface area (Å²) in [6.45, 7) is 1.18. The van der Waals surface area contributed by atoms with Crippen molar-refractivity contribution in [2.24, 2.45) is 16.8 Å². The number of hydrogen-bond acceptors (Lipinski definition) is 4. The summed E-state index contributed by atoms with van der Waals surface area (Å²) < 4.78 is 0. The number of phenols is 1. The highest BCUT2D eigenvalue weighted by molar-refractivity contribution is 5.83. The first-order valence-electron chi connectivity index (χ1n) is 6.64. The number of phenolic OH excluding ortho intramolecular Hbond substituents is 1. The number of benzene rings is 1. The predicted octanol–water partition coefficient (Wildman–Crippen LogP) is 0.920. The molecule has 0 atom stereocenters. The molecule has 1 fully saturated rings. The number of hydrogen-bond donors (Lipinski definition) is 3. The third-order valence-electron chi connectivity index (χ3n) is 3.71. The largest absolute Gasteiger partial charge is 0.508 e. The number of para-hydroxylation sites is 1. The van der Waals surface area contributed by atoms with Gasteiger partial charge in [-0.05, 0) is 18.9 Å². The molecule has 0 aromatic heterocycles. The third-order valence-corrected chi connectivity index (χ3v) is 3.71. The molecule has 0 spiro atoms. The van der Waals surface area contributed by atoms with Crippen molar-refractivity contribution in [2.75, 3.05) is 13.1 Å². The van der Waals surface area contributed by atoms with Crippen molar-refractivity contribution in [1.29, 1.82) is 0 Å². The van der Waals surface area contributed by atoms with E-state index in [1.807, 2.05) is 0 Å². The molecule has 4 N–H and O–H groups in total. The minimum Gasteiger partial charge on any atom is -0.508 e. The lowest BCUT2D eigenvalue weighted by atomic mass is 9.95. The van der Waals surface area contributed by atoms with Crippen LogP contribution in [0.25, 0.3) is 0 Å². The van der Waals surface area contributed by atoms with Gasteiger partial charge in [0, 0.05) is 24.6 Å². The maximum atomic E-state index is 12.2. The molecule has 0 aliphatic carbocycles. The zero-order valence-corrected chi connectivity index (χ0v) is 11.2. The molecule has 0 unspecified atom stereocenters. The summed E-state index contributed by atoms with van der Waals surface area (Å²) >= 11 is 0. The van der Waals surface area contributed by atoms with Gasteiger partial charge in [-0.1, -0.05) is 23.4 Å². The number of carbonyl (C=O) groups is 1. The second kappa shape index (κ2) is 6.27. The van der Waals surface area contributed by atoms with E-state index < -0.39 is 0 Å². The van der Waals surface area contributed by atoms with Crippen LogP contribution < -0.4 is 5.73 Å². The zero-order chi connectivity index (χ0) is 14.5. The molecule has 1 heterocycles. The molecular weight excluding hydrogens is 258 g/mol. The minimum absolute atomic E-state index is 0.00976. The second-order valence-corrected chi connectivity index (χ2v) is 4.99. The van der Waals surface area contributed by atoms with Gasteiger partial charge in [-0.2, -0.15) is 0 Å². The first-order chi connectivity index (χ1) is 9.61. The number of likely N-dealkylation sites (tertiary alicyclic amines) is 1. The summed E-state index contributed by atoms with van der Waals surface area (Å²) in [6.07, 6.45) is 1.59. The van der Waals surface area contributed by atoms with Crippen molar-refractivity contribution in [3.05, 3.63) is 29.8 Å². The molecule has 1 aromatic rings. The molecule has 1 aliphatic rings. The van der Waals surface area contributed by atoms with Crippen LogP contribution >= 0.6 is 0 Å². The summed E-state index contributed by atoms with van der Waals surface area (Å²) in [6, 6.07) is 6.85. The summed E-state index contributed by atoms with van der Waals surface area (Å²) in [5.41, 5.74) is 6.21. The first kappa shape index (κ1) is 14.2. The Labute approximate surface area is 117 Å². The molecule has 1 saturated heterocycles. The van der Waals surface area contributed by atoms with Crippen LogP contribution in [-0.2, 0) is 11.2 Å². The fraction of sp³-hybridized carbons (Fsp3) is 0.429. The van der Waals surface area contributed by atoms with Crippen LogP contribution in [0.15, 0.2) is 29.4 Å². The summed E-state index contributed by atoms with van der Waals surface area (Å²) in [5.74, 6) is 0.406. The number of nitrogens with two attached hydrogens (primary N) is 1. The number of rotatable bonds is 3. The Hall–Kier alpha value is -2.24. The van der Waals surface area contributed by atoms with Gasteiger partial charge in [0.2, 0.25) is 5.91 Å². The molecule has 1 aliphatic heterocycles. The number of nitrogens with zero attached hydrogens (tertiary/aromatic N) is 2. The van der Waals surface area contributed by atoms with Crippen molar-refractivity contribution >= 4 is 11.7 Å². The Bertz CT molecular complexity index is 508. The number of piperidine rings is 1. The highest BCUT2D eigenvalue weighted by Gasteiger charge is 2.25. The predicted molar refractivity (Wildman–Crippen MR) is 74.5 cm³/mol. The number of amidine groups is 1. The highest BCUT2D eigenvalue weighted by Crippen LogP contribution is 2.20. The maximum absolute atomic E-state index is 12.2. The topological polar surface area (TPSA) is 99.2 Å². The lowest BCUT2D eigenvalue weighted by Gasteiger charge is -2.31. The van der Waals surface area contributed by atoms with Crippen LogP contribution in [0.4, 0.5) is 0 Å². The SMILES string of the molecule is N/C(=N/O)C1CCN(C(=O)Cc2ccccc2O)CC1. The summed E-state index contributed by atoms with van der Waals surface area (Å²) in [7, 11) is 0. The highest BCUT2D eigenvalue weighted by atomic mass is 16.4. The van der Waals surface area contributed by atoms with Crippen molar-refractivity contribution < 1.29 is 15.1 Å². The van der Waals surface area contributed by atoms with E-state index in [2.05, 4.69) is 5.16 Å². The molecule has 0 bridgehead atoms. The van der Waals surface area contributed by atoms with E-state index in [-0.39, 0.29) is 29.8 Å². The van der Waals surface area contributed by atoms with Gasteiger partial charge in [0.15, 0.2) is 0 Å². The molecule has 6 nitrogen and oxygen atoms in total. The average Bonchev–Trinajstić information content (AvgIpc) is 2.49. The summed E-state index contributed by atoms with van der Waals surface area (Å²) in [5, 5.41) is 21.3. The molecular formula is C14H19N3O3.